The SMILES string of the molecule is CCCC1CCC(NC(C)Cc2ccccc2F)CC1. The van der Waals surface area contributed by atoms with Crippen LogP contribution in [0.2, 0.25) is 0 Å². The summed E-state index contributed by atoms with van der Waals surface area (Å²) in [7, 11) is 0. The van der Waals surface area contributed by atoms with Crippen molar-refractivity contribution < 1.29 is 4.39 Å². The van der Waals surface area contributed by atoms with Crippen molar-refractivity contribution in [3.63, 3.8) is 0 Å². The molecule has 1 aromatic carbocycles. The highest BCUT2D eigenvalue weighted by atomic mass is 19.1. The Bertz CT molecular complexity index is 396. The van der Waals surface area contributed by atoms with Gasteiger partial charge in [0.25, 0.3) is 0 Å². The third kappa shape index (κ3) is 4.59. The molecule has 0 heterocycles. The van der Waals surface area contributed by atoms with Gasteiger partial charge >= 0.3 is 0 Å². The van der Waals surface area contributed by atoms with E-state index in [0.29, 0.717) is 12.1 Å². The number of benzene rings is 1. The van der Waals surface area contributed by atoms with Gasteiger partial charge in [-0.3, -0.25) is 0 Å². The summed E-state index contributed by atoms with van der Waals surface area (Å²) in [5, 5.41) is 3.69. The van der Waals surface area contributed by atoms with Gasteiger partial charge in [-0.05, 0) is 56.6 Å². The van der Waals surface area contributed by atoms with Crippen molar-refractivity contribution in [3.8, 4) is 0 Å². The van der Waals surface area contributed by atoms with E-state index in [1.54, 1.807) is 12.1 Å². The van der Waals surface area contributed by atoms with E-state index in [0.717, 1.165) is 17.9 Å². The number of nitrogens with one attached hydrogen (secondary N) is 1. The van der Waals surface area contributed by atoms with Crippen LogP contribution in [0.3, 0.4) is 0 Å². The van der Waals surface area contributed by atoms with Crippen LogP contribution < -0.4 is 5.32 Å². The molecule has 1 nitrogen and oxygen atoms in total. The van der Waals surface area contributed by atoms with E-state index >= 15 is 0 Å². The Morgan fingerprint density at radius 2 is 1.90 bits per heavy atom. The summed E-state index contributed by atoms with van der Waals surface area (Å²) >= 11 is 0. The molecule has 1 unspecified atom stereocenters. The van der Waals surface area contributed by atoms with Gasteiger partial charge in [0.15, 0.2) is 0 Å². The fraction of sp³-hybridized carbons (Fsp3) is 0.667. The van der Waals surface area contributed by atoms with Crippen molar-refractivity contribution in [2.24, 2.45) is 5.92 Å². The molecule has 1 fully saturated rings. The van der Waals surface area contributed by atoms with E-state index < -0.39 is 0 Å². The molecular formula is C18H28FN. The zero-order valence-corrected chi connectivity index (χ0v) is 12.9. The monoisotopic (exact) mass is 277 g/mol. The van der Waals surface area contributed by atoms with Gasteiger partial charge in [-0.2, -0.15) is 0 Å². The molecule has 112 valence electrons. The molecule has 1 N–H and O–H groups in total. The van der Waals surface area contributed by atoms with Crippen LogP contribution in [0.1, 0.15) is 57.9 Å². The maximum absolute atomic E-state index is 13.6. The van der Waals surface area contributed by atoms with E-state index in [9.17, 15) is 4.39 Å². The van der Waals surface area contributed by atoms with Gasteiger partial charge in [0, 0.05) is 12.1 Å². The Hall–Kier alpha value is -0.890. The molecule has 0 aromatic heterocycles. The first kappa shape index (κ1) is 15.5. The molecule has 1 saturated carbocycles. The molecule has 2 heteroatoms. The second kappa shape index (κ2) is 7.78. The predicted octanol–water partition coefficient (Wildman–Crippen LogP) is 4.71. The minimum Gasteiger partial charge on any atom is -0.311 e. The first-order valence-corrected chi connectivity index (χ1v) is 8.18. The maximum Gasteiger partial charge on any atom is 0.126 e. The van der Waals surface area contributed by atoms with E-state index in [1.807, 2.05) is 12.1 Å². The average molecular weight is 277 g/mol. The van der Waals surface area contributed by atoms with Crippen LogP contribution in [0, 0.1) is 11.7 Å². The number of rotatable bonds is 6. The van der Waals surface area contributed by atoms with Crippen molar-refractivity contribution in [1.29, 1.82) is 0 Å². The molecule has 1 atom stereocenters. The van der Waals surface area contributed by atoms with Crippen LogP contribution in [-0.4, -0.2) is 12.1 Å². The summed E-state index contributed by atoms with van der Waals surface area (Å²) in [6, 6.07) is 8.10. The fourth-order valence-corrected chi connectivity index (χ4v) is 3.48. The van der Waals surface area contributed by atoms with Crippen molar-refractivity contribution in [2.45, 2.75) is 70.9 Å². The minimum absolute atomic E-state index is 0.0761. The highest BCUT2D eigenvalue weighted by Gasteiger charge is 2.21. The number of hydrogen-bond donors (Lipinski definition) is 1. The van der Waals surface area contributed by atoms with E-state index in [4.69, 9.17) is 0 Å². The number of halogens is 1. The van der Waals surface area contributed by atoms with Gasteiger partial charge in [-0.15, -0.1) is 0 Å². The van der Waals surface area contributed by atoms with E-state index in [2.05, 4.69) is 19.2 Å². The Morgan fingerprint density at radius 3 is 2.55 bits per heavy atom. The van der Waals surface area contributed by atoms with Crippen LogP contribution in [0.5, 0.6) is 0 Å². The third-order valence-electron chi connectivity index (χ3n) is 4.55. The smallest absolute Gasteiger partial charge is 0.126 e. The topological polar surface area (TPSA) is 12.0 Å². The third-order valence-corrected chi connectivity index (χ3v) is 4.55. The quantitative estimate of drug-likeness (QED) is 0.794. The Morgan fingerprint density at radius 1 is 1.20 bits per heavy atom. The zero-order valence-electron chi connectivity index (χ0n) is 12.9. The van der Waals surface area contributed by atoms with Crippen LogP contribution in [0.25, 0.3) is 0 Å². The fourth-order valence-electron chi connectivity index (χ4n) is 3.48. The van der Waals surface area contributed by atoms with Gasteiger partial charge in [0.1, 0.15) is 5.82 Å². The van der Waals surface area contributed by atoms with Crippen LogP contribution in [0.15, 0.2) is 24.3 Å². The molecule has 0 radical (unpaired) electrons. The van der Waals surface area contributed by atoms with Gasteiger partial charge < -0.3 is 5.32 Å². The molecule has 0 spiro atoms. The van der Waals surface area contributed by atoms with Crippen molar-refractivity contribution in [2.75, 3.05) is 0 Å². The molecular weight excluding hydrogens is 249 g/mol. The normalized spacial score (nSPS) is 24.6. The van der Waals surface area contributed by atoms with Crippen molar-refractivity contribution in [1.82, 2.24) is 5.32 Å². The summed E-state index contributed by atoms with van der Waals surface area (Å²) in [5.74, 6) is 0.868. The summed E-state index contributed by atoms with van der Waals surface area (Å²) in [5.41, 5.74) is 0.826. The summed E-state index contributed by atoms with van der Waals surface area (Å²) in [4.78, 5) is 0. The molecule has 0 bridgehead atoms. The highest BCUT2D eigenvalue weighted by molar-refractivity contribution is 5.18. The lowest BCUT2D eigenvalue weighted by atomic mass is 9.83. The van der Waals surface area contributed by atoms with Gasteiger partial charge in [0.2, 0.25) is 0 Å². The standard InChI is InChI=1S/C18H28FN/c1-3-6-15-9-11-17(12-10-15)20-14(2)13-16-7-4-5-8-18(16)19/h4-5,7-8,14-15,17,20H,3,6,9-13H2,1-2H3. The zero-order chi connectivity index (χ0) is 14.4. The maximum atomic E-state index is 13.6. The molecule has 2 rings (SSSR count). The summed E-state index contributed by atoms with van der Waals surface area (Å²) < 4.78 is 13.6. The van der Waals surface area contributed by atoms with Crippen molar-refractivity contribution in [3.05, 3.63) is 35.6 Å². The van der Waals surface area contributed by atoms with Gasteiger partial charge in [-0.1, -0.05) is 38.0 Å². The second-order valence-electron chi connectivity index (χ2n) is 6.37. The van der Waals surface area contributed by atoms with Crippen LogP contribution in [0.4, 0.5) is 4.39 Å². The summed E-state index contributed by atoms with van der Waals surface area (Å²) in [6.07, 6.45) is 8.76. The molecule has 1 aliphatic carbocycles. The summed E-state index contributed by atoms with van der Waals surface area (Å²) in [6.45, 7) is 4.45. The average Bonchev–Trinajstić information content (AvgIpc) is 2.44. The van der Waals surface area contributed by atoms with Gasteiger partial charge in [0.05, 0.1) is 0 Å². The van der Waals surface area contributed by atoms with E-state index in [1.165, 1.54) is 38.5 Å². The van der Waals surface area contributed by atoms with Gasteiger partial charge in [-0.25, -0.2) is 4.39 Å². The molecule has 0 aliphatic heterocycles. The van der Waals surface area contributed by atoms with Crippen LogP contribution >= 0.6 is 0 Å². The van der Waals surface area contributed by atoms with Crippen molar-refractivity contribution >= 4 is 0 Å². The predicted molar refractivity (Wildman–Crippen MR) is 83.4 cm³/mol. The first-order valence-electron chi connectivity index (χ1n) is 8.18. The minimum atomic E-state index is -0.0761. The molecule has 1 aromatic rings. The Balaban J connectivity index is 1.75. The first-order chi connectivity index (χ1) is 9.69. The van der Waals surface area contributed by atoms with E-state index in [-0.39, 0.29) is 5.82 Å². The Labute approximate surface area is 123 Å². The second-order valence-corrected chi connectivity index (χ2v) is 6.37. The largest absolute Gasteiger partial charge is 0.311 e. The molecule has 1 aliphatic rings. The lowest BCUT2D eigenvalue weighted by Gasteiger charge is -2.31. The number of hydrogen-bond acceptors (Lipinski definition) is 1. The highest BCUT2D eigenvalue weighted by Crippen LogP contribution is 2.28. The molecule has 20 heavy (non-hydrogen) atoms. The Kier molecular flexibility index (Phi) is 6.03. The molecule has 0 amide bonds. The van der Waals surface area contributed by atoms with Crippen LogP contribution in [-0.2, 0) is 6.42 Å². The lowest BCUT2D eigenvalue weighted by Crippen LogP contribution is -2.40. The lowest BCUT2D eigenvalue weighted by molar-refractivity contribution is 0.265. The molecule has 0 saturated heterocycles.